The van der Waals surface area contributed by atoms with E-state index in [-0.39, 0.29) is 18.4 Å². The maximum absolute atomic E-state index is 12.5. The Balaban J connectivity index is 1.51. The van der Waals surface area contributed by atoms with Gasteiger partial charge in [0.1, 0.15) is 12.6 Å². The van der Waals surface area contributed by atoms with Crippen LogP contribution >= 0.6 is 0 Å². The minimum atomic E-state index is -0.643. The summed E-state index contributed by atoms with van der Waals surface area (Å²) in [6.07, 6.45) is -0.165. The van der Waals surface area contributed by atoms with Crippen LogP contribution in [0.2, 0.25) is 0 Å². The number of benzene rings is 2. The number of carbonyl (C=O) groups excluding carboxylic acids is 2. The molecule has 0 saturated carbocycles. The minimum Gasteiger partial charge on any atom is -0.447 e. The zero-order valence-corrected chi connectivity index (χ0v) is 14.5. The van der Waals surface area contributed by atoms with Crippen molar-refractivity contribution >= 4 is 12.0 Å². The number of ether oxygens (including phenoxy) is 1. The van der Waals surface area contributed by atoms with Crippen molar-refractivity contribution in [1.29, 1.82) is 0 Å². The summed E-state index contributed by atoms with van der Waals surface area (Å²) in [5.41, 5.74) is 4.63. The number of rotatable bonds is 3. The van der Waals surface area contributed by atoms with E-state index in [1.807, 2.05) is 24.3 Å². The van der Waals surface area contributed by atoms with Gasteiger partial charge in [-0.1, -0.05) is 48.5 Å². The number of amides is 2. The van der Waals surface area contributed by atoms with E-state index in [1.165, 1.54) is 18.2 Å². The van der Waals surface area contributed by atoms with Gasteiger partial charge in [0.2, 0.25) is 5.91 Å². The highest BCUT2D eigenvalue weighted by Gasteiger charge is 2.37. The summed E-state index contributed by atoms with van der Waals surface area (Å²) in [5, 5.41) is 3.59. The van der Waals surface area contributed by atoms with Crippen molar-refractivity contribution in [2.24, 2.45) is 0 Å². The van der Waals surface area contributed by atoms with Crippen LogP contribution in [0.3, 0.4) is 0 Å². The fourth-order valence-electron chi connectivity index (χ4n) is 3.71. The number of fused-ring (bicyclic) bond motifs is 3. The lowest BCUT2D eigenvalue weighted by Crippen LogP contribution is -2.44. The van der Waals surface area contributed by atoms with E-state index in [0.717, 1.165) is 16.2 Å². The highest BCUT2D eigenvalue weighted by Crippen LogP contribution is 2.44. The van der Waals surface area contributed by atoms with Crippen LogP contribution in [-0.2, 0) is 14.4 Å². The predicted octanol–water partition coefficient (Wildman–Crippen LogP) is 2.69. The number of carbonyl (C=O) groups is 2. The summed E-state index contributed by atoms with van der Waals surface area (Å²) in [4.78, 5) is 29.6. The maximum atomic E-state index is 12.5. The van der Waals surface area contributed by atoms with Crippen molar-refractivity contribution in [1.82, 2.24) is 10.4 Å². The molecule has 0 aromatic heterocycles. The largest absolute Gasteiger partial charge is 0.447 e. The second-order valence-corrected chi connectivity index (χ2v) is 6.38. The number of hydrogen-bond donors (Lipinski definition) is 1. The molecule has 2 aromatic carbocycles. The number of hydrogen-bond acceptors (Lipinski definition) is 4. The lowest BCUT2D eigenvalue weighted by atomic mass is 9.98. The predicted molar refractivity (Wildman–Crippen MR) is 95.3 cm³/mol. The number of likely N-dealkylation sites (N-methyl/N-ethyl adjacent to an activating group) is 1. The third kappa shape index (κ3) is 2.72. The van der Waals surface area contributed by atoms with Crippen LogP contribution in [0.4, 0.5) is 4.79 Å². The monoisotopic (exact) mass is 352 g/mol. The van der Waals surface area contributed by atoms with Gasteiger partial charge in [0, 0.05) is 19.4 Å². The van der Waals surface area contributed by atoms with Crippen LogP contribution in [0.25, 0.3) is 11.1 Å². The number of nitrogens with zero attached hydrogens (tertiary/aromatic N) is 1. The van der Waals surface area contributed by atoms with Gasteiger partial charge in [0.05, 0.1) is 6.61 Å². The number of hydroxylamine groups is 2. The van der Waals surface area contributed by atoms with Crippen molar-refractivity contribution in [2.45, 2.75) is 18.4 Å². The summed E-state index contributed by atoms with van der Waals surface area (Å²) >= 11 is 0. The molecule has 2 amide bonds. The zero-order chi connectivity index (χ0) is 18.1. The van der Waals surface area contributed by atoms with Gasteiger partial charge >= 0.3 is 6.09 Å². The Morgan fingerprint density at radius 1 is 1.12 bits per heavy atom. The molecule has 0 spiro atoms. The average molecular weight is 352 g/mol. The summed E-state index contributed by atoms with van der Waals surface area (Å²) in [6.45, 7) is 0.523. The van der Waals surface area contributed by atoms with E-state index in [1.54, 1.807) is 0 Å². The van der Waals surface area contributed by atoms with E-state index in [4.69, 9.17) is 9.57 Å². The van der Waals surface area contributed by atoms with E-state index in [0.29, 0.717) is 13.0 Å². The second kappa shape index (κ2) is 6.80. The Morgan fingerprint density at radius 2 is 1.73 bits per heavy atom. The molecule has 1 aliphatic heterocycles. The van der Waals surface area contributed by atoms with Crippen LogP contribution in [0.5, 0.6) is 0 Å². The minimum absolute atomic E-state index is 0.0209. The van der Waals surface area contributed by atoms with Crippen molar-refractivity contribution in [3.63, 3.8) is 0 Å². The third-order valence-corrected chi connectivity index (χ3v) is 4.97. The number of nitrogens with one attached hydrogen (secondary N) is 1. The molecule has 1 unspecified atom stereocenters. The van der Waals surface area contributed by atoms with Gasteiger partial charge in [0.25, 0.3) is 0 Å². The highest BCUT2D eigenvalue weighted by molar-refractivity contribution is 5.85. The highest BCUT2D eigenvalue weighted by atomic mass is 16.7. The Morgan fingerprint density at radius 3 is 2.35 bits per heavy atom. The molecule has 2 aromatic rings. The second-order valence-electron chi connectivity index (χ2n) is 6.38. The van der Waals surface area contributed by atoms with Crippen LogP contribution < -0.4 is 5.32 Å². The molecule has 6 nitrogen and oxygen atoms in total. The summed E-state index contributed by atoms with van der Waals surface area (Å²) in [6, 6.07) is 15.7. The van der Waals surface area contributed by atoms with E-state index in [9.17, 15) is 9.59 Å². The zero-order valence-electron chi connectivity index (χ0n) is 14.5. The quantitative estimate of drug-likeness (QED) is 0.922. The first-order valence-electron chi connectivity index (χ1n) is 8.69. The molecule has 1 aliphatic carbocycles. The maximum Gasteiger partial charge on any atom is 0.434 e. The molecule has 26 heavy (non-hydrogen) atoms. The van der Waals surface area contributed by atoms with E-state index in [2.05, 4.69) is 29.6 Å². The lowest BCUT2D eigenvalue weighted by Gasteiger charge is -2.22. The molecule has 1 saturated heterocycles. The van der Waals surface area contributed by atoms with Crippen molar-refractivity contribution in [3.05, 3.63) is 59.7 Å². The van der Waals surface area contributed by atoms with Gasteiger partial charge < -0.3 is 10.1 Å². The molecule has 0 bridgehead atoms. The van der Waals surface area contributed by atoms with Gasteiger partial charge in [0.15, 0.2) is 0 Å². The van der Waals surface area contributed by atoms with Gasteiger partial charge in [-0.3, -0.25) is 9.63 Å². The fraction of sp³-hybridized carbons (Fsp3) is 0.300. The van der Waals surface area contributed by atoms with Gasteiger partial charge in [-0.2, -0.15) is 5.06 Å². The molecular formula is C20H20N2O4. The van der Waals surface area contributed by atoms with E-state index < -0.39 is 12.1 Å². The van der Waals surface area contributed by atoms with E-state index >= 15 is 0 Å². The van der Waals surface area contributed by atoms with Gasteiger partial charge in [-0.05, 0) is 22.3 Å². The molecule has 1 heterocycles. The molecule has 1 fully saturated rings. The van der Waals surface area contributed by atoms with Crippen LogP contribution in [0.15, 0.2) is 48.5 Å². The van der Waals surface area contributed by atoms with Crippen LogP contribution in [-0.4, -0.2) is 43.4 Å². The third-order valence-electron chi connectivity index (χ3n) is 4.97. The molecule has 4 rings (SSSR count). The Labute approximate surface area is 151 Å². The molecule has 6 heteroatoms. The normalized spacial score (nSPS) is 18.3. The van der Waals surface area contributed by atoms with Crippen LogP contribution in [0, 0.1) is 0 Å². The Kier molecular flexibility index (Phi) is 4.34. The smallest absolute Gasteiger partial charge is 0.434 e. The molecule has 1 atom stereocenters. The molecule has 2 aliphatic rings. The summed E-state index contributed by atoms with van der Waals surface area (Å²) < 4.78 is 5.53. The Bertz CT molecular complexity index is 806. The first-order chi connectivity index (χ1) is 12.7. The van der Waals surface area contributed by atoms with Crippen molar-refractivity contribution in [3.8, 4) is 11.1 Å². The summed E-state index contributed by atoms with van der Waals surface area (Å²) in [5.74, 6) is -0.275. The molecular weight excluding hydrogens is 332 g/mol. The van der Waals surface area contributed by atoms with Crippen molar-refractivity contribution < 1.29 is 19.2 Å². The molecule has 134 valence electrons. The first kappa shape index (κ1) is 16.6. The molecule has 0 radical (unpaired) electrons. The topological polar surface area (TPSA) is 67.9 Å². The van der Waals surface area contributed by atoms with Crippen molar-refractivity contribution in [2.75, 3.05) is 20.3 Å². The average Bonchev–Trinajstić information content (AvgIpc) is 3.29. The fourth-order valence-corrected chi connectivity index (χ4v) is 3.71. The standard InChI is InChI=1S/C20H20N2O4/c1-21-19(23)18-10-11-26-22(18)20(24)25-12-17-15-8-4-2-6-13(15)14-7-3-5-9-16(14)17/h2-9,17-18H,10-12H2,1H3,(H,21,23). The van der Waals surface area contributed by atoms with Gasteiger partial charge in [-0.25, -0.2) is 4.79 Å². The molecule has 1 N–H and O–H groups in total. The first-order valence-corrected chi connectivity index (χ1v) is 8.69. The van der Waals surface area contributed by atoms with Gasteiger partial charge in [-0.15, -0.1) is 0 Å². The lowest BCUT2D eigenvalue weighted by molar-refractivity contribution is -0.142. The van der Waals surface area contributed by atoms with Crippen LogP contribution in [0.1, 0.15) is 23.5 Å². The summed E-state index contributed by atoms with van der Waals surface area (Å²) in [7, 11) is 1.54. The SMILES string of the molecule is CNC(=O)C1CCON1C(=O)OCC1c2ccccc2-c2ccccc21. The Hall–Kier alpha value is -2.86.